The van der Waals surface area contributed by atoms with Crippen LogP contribution in [0.25, 0.3) is 0 Å². The van der Waals surface area contributed by atoms with Crippen LogP contribution in [0.2, 0.25) is 5.02 Å². The molecule has 112 valence electrons. The molecule has 2 aromatic carbocycles. The van der Waals surface area contributed by atoms with Crippen LogP contribution < -0.4 is 10.1 Å². The molecular weight excluding hydrogens is 282 g/mol. The summed E-state index contributed by atoms with van der Waals surface area (Å²) in [5, 5.41) is 4.16. The van der Waals surface area contributed by atoms with E-state index in [1.54, 1.807) is 0 Å². The van der Waals surface area contributed by atoms with Gasteiger partial charge in [0.15, 0.2) is 0 Å². The molecule has 2 aromatic rings. The van der Waals surface area contributed by atoms with E-state index in [0.717, 1.165) is 16.3 Å². The summed E-state index contributed by atoms with van der Waals surface area (Å²) in [5.41, 5.74) is 3.50. The van der Waals surface area contributed by atoms with Crippen molar-refractivity contribution in [3.8, 4) is 5.75 Å². The number of hydrogen-bond donors (Lipinski definition) is 1. The summed E-state index contributed by atoms with van der Waals surface area (Å²) < 4.78 is 5.69. The maximum absolute atomic E-state index is 6.24. The highest BCUT2D eigenvalue weighted by atomic mass is 35.5. The highest BCUT2D eigenvalue weighted by Gasteiger charge is 2.15. The average Bonchev–Trinajstić information content (AvgIpc) is 2.45. The molecule has 1 unspecified atom stereocenters. The number of halogens is 1. The van der Waals surface area contributed by atoms with Gasteiger partial charge in [-0.15, -0.1) is 0 Å². The molecule has 0 aliphatic rings. The SMILES string of the molecule is CNC(c1ccc(OC(C)C)cc1)c1cccc(Cl)c1C. The molecule has 1 atom stereocenters. The second-order valence-corrected chi connectivity index (χ2v) is 5.82. The van der Waals surface area contributed by atoms with E-state index in [4.69, 9.17) is 16.3 Å². The van der Waals surface area contributed by atoms with Crippen LogP contribution in [-0.4, -0.2) is 13.2 Å². The first-order valence-electron chi connectivity index (χ1n) is 7.21. The van der Waals surface area contributed by atoms with Crippen LogP contribution in [0, 0.1) is 6.92 Å². The zero-order valence-corrected chi connectivity index (χ0v) is 13.7. The van der Waals surface area contributed by atoms with Crippen molar-refractivity contribution in [2.45, 2.75) is 32.9 Å². The standard InChI is InChI=1S/C18H22ClNO/c1-12(2)21-15-10-8-14(9-11-15)18(20-4)16-6-5-7-17(19)13(16)3/h5-12,18,20H,1-4H3. The minimum Gasteiger partial charge on any atom is -0.491 e. The van der Waals surface area contributed by atoms with Crippen LogP contribution in [0.3, 0.4) is 0 Å². The highest BCUT2D eigenvalue weighted by molar-refractivity contribution is 6.31. The van der Waals surface area contributed by atoms with Gasteiger partial charge in [0, 0.05) is 5.02 Å². The van der Waals surface area contributed by atoms with Gasteiger partial charge in [-0.05, 0) is 62.7 Å². The molecule has 0 heterocycles. The van der Waals surface area contributed by atoms with Crippen molar-refractivity contribution in [1.82, 2.24) is 5.32 Å². The van der Waals surface area contributed by atoms with Crippen molar-refractivity contribution >= 4 is 11.6 Å². The first-order chi connectivity index (χ1) is 10.0. The van der Waals surface area contributed by atoms with Crippen molar-refractivity contribution in [1.29, 1.82) is 0 Å². The average molecular weight is 304 g/mol. The number of ether oxygens (including phenoxy) is 1. The molecule has 3 heteroatoms. The number of benzene rings is 2. The summed E-state index contributed by atoms with van der Waals surface area (Å²) in [5.74, 6) is 0.895. The third kappa shape index (κ3) is 3.78. The quantitative estimate of drug-likeness (QED) is 0.861. The Hall–Kier alpha value is -1.51. The second kappa shape index (κ2) is 6.97. The van der Waals surface area contributed by atoms with Crippen molar-refractivity contribution in [2.24, 2.45) is 0 Å². The lowest BCUT2D eigenvalue weighted by Crippen LogP contribution is -2.18. The summed E-state index contributed by atoms with van der Waals surface area (Å²) in [7, 11) is 1.96. The molecule has 0 saturated heterocycles. The van der Waals surface area contributed by atoms with Crippen LogP contribution >= 0.6 is 11.6 Å². The third-order valence-electron chi connectivity index (χ3n) is 3.49. The number of rotatable bonds is 5. The highest BCUT2D eigenvalue weighted by Crippen LogP contribution is 2.29. The predicted molar refractivity (Wildman–Crippen MR) is 89.3 cm³/mol. The minimum atomic E-state index is 0.122. The lowest BCUT2D eigenvalue weighted by Gasteiger charge is -2.20. The van der Waals surface area contributed by atoms with Crippen LogP contribution in [0.5, 0.6) is 5.75 Å². The van der Waals surface area contributed by atoms with Gasteiger partial charge >= 0.3 is 0 Å². The van der Waals surface area contributed by atoms with Gasteiger partial charge in [-0.1, -0.05) is 35.9 Å². The van der Waals surface area contributed by atoms with Gasteiger partial charge in [0.2, 0.25) is 0 Å². The normalized spacial score (nSPS) is 12.5. The Balaban J connectivity index is 2.31. The predicted octanol–water partition coefficient (Wildman–Crippen LogP) is 4.74. The van der Waals surface area contributed by atoms with Gasteiger partial charge in [-0.3, -0.25) is 0 Å². The van der Waals surface area contributed by atoms with E-state index in [9.17, 15) is 0 Å². The van der Waals surface area contributed by atoms with E-state index in [1.165, 1.54) is 11.1 Å². The third-order valence-corrected chi connectivity index (χ3v) is 3.90. The Morgan fingerprint density at radius 2 is 1.71 bits per heavy atom. The molecule has 0 radical (unpaired) electrons. The van der Waals surface area contributed by atoms with Crippen LogP contribution in [0.1, 0.15) is 36.6 Å². The molecule has 0 amide bonds. The lowest BCUT2D eigenvalue weighted by molar-refractivity contribution is 0.242. The number of nitrogens with one attached hydrogen (secondary N) is 1. The molecule has 0 bridgehead atoms. The summed E-state index contributed by atoms with van der Waals surface area (Å²) >= 11 is 6.24. The maximum atomic E-state index is 6.24. The van der Waals surface area contributed by atoms with Gasteiger partial charge in [0.25, 0.3) is 0 Å². The first kappa shape index (κ1) is 15.9. The second-order valence-electron chi connectivity index (χ2n) is 5.41. The molecule has 21 heavy (non-hydrogen) atoms. The van der Waals surface area contributed by atoms with E-state index in [0.29, 0.717) is 0 Å². The van der Waals surface area contributed by atoms with E-state index in [-0.39, 0.29) is 12.1 Å². The fraction of sp³-hybridized carbons (Fsp3) is 0.333. The molecule has 0 fully saturated rings. The van der Waals surface area contributed by atoms with Crippen molar-refractivity contribution in [3.63, 3.8) is 0 Å². The van der Waals surface area contributed by atoms with Crippen LogP contribution in [0.4, 0.5) is 0 Å². The Morgan fingerprint density at radius 3 is 2.29 bits per heavy atom. The minimum absolute atomic E-state index is 0.122. The largest absolute Gasteiger partial charge is 0.491 e. The molecule has 2 rings (SSSR count). The molecule has 2 nitrogen and oxygen atoms in total. The fourth-order valence-electron chi connectivity index (χ4n) is 2.45. The van der Waals surface area contributed by atoms with E-state index >= 15 is 0 Å². The first-order valence-corrected chi connectivity index (χ1v) is 7.59. The Bertz CT molecular complexity index is 593. The van der Waals surface area contributed by atoms with Crippen molar-refractivity contribution < 1.29 is 4.74 Å². The van der Waals surface area contributed by atoms with Gasteiger partial charge in [-0.25, -0.2) is 0 Å². The molecule has 0 spiro atoms. The fourth-order valence-corrected chi connectivity index (χ4v) is 2.63. The number of hydrogen-bond acceptors (Lipinski definition) is 2. The van der Waals surface area contributed by atoms with E-state index in [1.807, 2.05) is 45.2 Å². The lowest BCUT2D eigenvalue weighted by atomic mass is 9.95. The van der Waals surface area contributed by atoms with Crippen molar-refractivity contribution in [3.05, 3.63) is 64.2 Å². The van der Waals surface area contributed by atoms with E-state index < -0.39 is 0 Å². The van der Waals surface area contributed by atoms with Gasteiger partial charge < -0.3 is 10.1 Å². The molecule has 0 aliphatic heterocycles. The molecular formula is C18H22ClNO. The summed E-state index contributed by atoms with van der Waals surface area (Å²) in [6, 6.07) is 14.4. The van der Waals surface area contributed by atoms with Gasteiger partial charge in [0.1, 0.15) is 5.75 Å². The maximum Gasteiger partial charge on any atom is 0.119 e. The molecule has 1 N–H and O–H groups in total. The monoisotopic (exact) mass is 303 g/mol. The Morgan fingerprint density at radius 1 is 1.05 bits per heavy atom. The Labute approximate surface area is 132 Å². The molecule has 0 saturated carbocycles. The Kier molecular flexibility index (Phi) is 5.27. The van der Waals surface area contributed by atoms with Crippen molar-refractivity contribution in [2.75, 3.05) is 7.05 Å². The molecule has 0 aliphatic carbocycles. The summed E-state index contributed by atoms with van der Waals surface area (Å²) in [6.07, 6.45) is 0.186. The zero-order valence-electron chi connectivity index (χ0n) is 13.0. The zero-order chi connectivity index (χ0) is 15.4. The van der Waals surface area contributed by atoms with E-state index in [2.05, 4.69) is 30.4 Å². The van der Waals surface area contributed by atoms with Crippen LogP contribution in [-0.2, 0) is 0 Å². The smallest absolute Gasteiger partial charge is 0.119 e. The summed E-state index contributed by atoms with van der Waals surface area (Å²) in [6.45, 7) is 6.11. The van der Waals surface area contributed by atoms with Crippen LogP contribution in [0.15, 0.2) is 42.5 Å². The van der Waals surface area contributed by atoms with Gasteiger partial charge in [0.05, 0.1) is 12.1 Å². The van der Waals surface area contributed by atoms with Gasteiger partial charge in [-0.2, -0.15) is 0 Å². The topological polar surface area (TPSA) is 21.3 Å². The summed E-state index contributed by atoms with van der Waals surface area (Å²) in [4.78, 5) is 0. The molecule has 0 aromatic heterocycles.